The highest BCUT2D eigenvalue weighted by atomic mass is 19.1. The zero-order valence-corrected chi connectivity index (χ0v) is 29.1. The van der Waals surface area contributed by atoms with Crippen molar-refractivity contribution in [2.24, 2.45) is 0 Å². The normalized spacial score (nSPS) is 17.0. The van der Waals surface area contributed by atoms with Crippen molar-refractivity contribution in [2.45, 2.75) is 71.2 Å². The van der Waals surface area contributed by atoms with Gasteiger partial charge in [-0.1, -0.05) is 18.2 Å². The molecule has 2 aliphatic rings. The Morgan fingerprint density at radius 2 is 1.72 bits per heavy atom. The molecule has 6 bridgehead atoms. The summed E-state index contributed by atoms with van der Waals surface area (Å²) in [5, 5.41) is 5.12. The van der Waals surface area contributed by atoms with Crippen molar-refractivity contribution in [1.82, 2.24) is 14.6 Å². The van der Waals surface area contributed by atoms with Gasteiger partial charge in [-0.3, -0.25) is 0 Å². The number of aromatic nitrogens is 3. The Balaban J connectivity index is 1.47. The molecule has 2 aromatic heterocycles. The monoisotopic (exact) mass is 679 g/mol. The third kappa shape index (κ3) is 6.82. The lowest BCUT2D eigenvalue weighted by Crippen LogP contribution is -2.30. The second kappa shape index (κ2) is 13.8. The first-order valence-electron chi connectivity index (χ1n) is 17.2. The molecule has 0 fully saturated rings. The van der Waals surface area contributed by atoms with Crippen LogP contribution in [0.5, 0.6) is 11.5 Å². The Morgan fingerprint density at radius 3 is 2.54 bits per heavy atom. The van der Waals surface area contributed by atoms with Gasteiger partial charge >= 0.3 is 5.97 Å². The molecule has 0 saturated heterocycles. The maximum absolute atomic E-state index is 14.4. The van der Waals surface area contributed by atoms with Crippen molar-refractivity contribution in [3.63, 3.8) is 0 Å². The van der Waals surface area contributed by atoms with Crippen LogP contribution in [0, 0.1) is 12.7 Å². The number of halogens is 1. The van der Waals surface area contributed by atoms with E-state index in [1.165, 1.54) is 19.2 Å². The molecular weight excluding hydrogens is 637 g/mol. The lowest BCUT2D eigenvalue weighted by Gasteiger charge is -2.29. The van der Waals surface area contributed by atoms with E-state index < -0.39 is 17.7 Å². The predicted octanol–water partition coefficient (Wildman–Crippen LogP) is 8.61. The Bertz CT molecular complexity index is 2050. The highest BCUT2D eigenvalue weighted by Crippen LogP contribution is 2.42. The molecule has 260 valence electrons. The number of hydrogen-bond donors (Lipinski definition) is 0. The molecule has 0 aliphatic carbocycles. The predicted molar refractivity (Wildman–Crippen MR) is 188 cm³/mol. The molecular formula is C40H42FN3O6. The molecule has 4 heterocycles. The first-order chi connectivity index (χ1) is 24.1. The summed E-state index contributed by atoms with van der Waals surface area (Å²) in [4.78, 5) is 18.4. The molecule has 10 heteroatoms. The third-order valence-electron chi connectivity index (χ3n) is 9.02. The highest BCUT2D eigenvalue weighted by Gasteiger charge is 2.35. The maximum Gasteiger partial charge on any atom is 0.339 e. The minimum Gasteiger partial charge on any atom is -0.493 e. The van der Waals surface area contributed by atoms with E-state index in [9.17, 15) is 9.18 Å². The molecule has 5 aromatic rings. The Morgan fingerprint density at radius 1 is 0.920 bits per heavy atom. The van der Waals surface area contributed by atoms with Gasteiger partial charge in [-0.05, 0) is 88.9 Å². The summed E-state index contributed by atoms with van der Waals surface area (Å²) in [7, 11) is 1.36. The first kappa shape index (κ1) is 33.7. The van der Waals surface area contributed by atoms with Gasteiger partial charge in [0.2, 0.25) is 0 Å². The van der Waals surface area contributed by atoms with E-state index in [2.05, 4.69) is 6.07 Å². The fraction of sp³-hybridized carbons (Fsp3) is 0.375. The number of esters is 1. The molecule has 7 rings (SSSR count). The summed E-state index contributed by atoms with van der Waals surface area (Å²) in [6.07, 6.45) is 2.02. The number of nitrogens with zero attached hydrogens (tertiary/aromatic N) is 3. The second-order valence-corrected chi connectivity index (χ2v) is 13.8. The quantitative estimate of drug-likeness (QED) is 0.175. The van der Waals surface area contributed by atoms with Crippen LogP contribution >= 0.6 is 0 Å². The minimum absolute atomic E-state index is 0.171. The van der Waals surface area contributed by atoms with Crippen LogP contribution in [0.3, 0.4) is 0 Å². The van der Waals surface area contributed by atoms with Crippen LogP contribution in [-0.4, -0.2) is 53.1 Å². The molecule has 2 atom stereocenters. The van der Waals surface area contributed by atoms with E-state index in [0.29, 0.717) is 60.3 Å². The van der Waals surface area contributed by atoms with E-state index in [-0.39, 0.29) is 11.9 Å². The van der Waals surface area contributed by atoms with Crippen LogP contribution in [0.2, 0.25) is 0 Å². The van der Waals surface area contributed by atoms with Crippen LogP contribution in [0.1, 0.15) is 75.5 Å². The van der Waals surface area contributed by atoms with Crippen LogP contribution in [0.15, 0.2) is 66.7 Å². The van der Waals surface area contributed by atoms with Gasteiger partial charge in [0.25, 0.3) is 0 Å². The van der Waals surface area contributed by atoms with Crippen molar-refractivity contribution in [3.8, 4) is 45.1 Å². The van der Waals surface area contributed by atoms with E-state index in [0.717, 1.165) is 52.8 Å². The van der Waals surface area contributed by atoms with Gasteiger partial charge in [-0.2, -0.15) is 5.10 Å². The van der Waals surface area contributed by atoms with Crippen molar-refractivity contribution < 1.29 is 32.9 Å². The van der Waals surface area contributed by atoms with Gasteiger partial charge in [0, 0.05) is 58.7 Å². The fourth-order valence-electron chi connectivity index (χ4n) is 6.72. The number of fused-ring (bicyclic) bond motifs is 8. The topological polar surface area (TPSA) is 93.4 Å². The number of carbonyl (C=O) groups is 1. The molecule has 2 aliphatic heterocycles. The molecule has 1 unspecified atom stereocenters. The molecule has 0 amide bonds. The van der Waals surface area contributed by atoms with Crippen LogP contribution in [-0.2, 0) is 19.0 Å². The largest absolute Gasteiger partial charge is 0.493 e. The van der Waals surface area contributed by atoms with E-state index >= 15 is 0 Å². The summed E-state index contributed by atoms with van der Waals surface area (Å²) < 4.78 is 46.6. The fourth-order valence-corrected chi connectivity index (χ4v) is 6.72. The van der Waals surface area contributed by atoms with E-state index in [1.54, 1.807) is 10.6 Å². The number of methoxy groups -OCH3 is 1. The standard InChI is InChI=1S/C40H42FN3O6/c1-24-36(38(39(45)46-5)50-40(2,3)4)37-27-12-15-32-30(21-27)33(16-19-49-32)47-17-7-6-8-18-48-34-22-28(41)13-14-29(34)25-10-9-11-26(20-25)31-23-35(42-24)44(37)43-31/h9-15,20-23,33,38H,6-8,16-19H2,1-5H3/t33?,38-/m0/s1. The summed E-state index contributed by atoms with van der Waals surface area (Å²) in [5.74, 6) is 0.371. The lowest BCUT2D eigenvalue weighted by molar-refractivity contribution is -0.164. The lowest BCUT2D eigenvalue weighted by atomic mass is 9.94. The zero-order chi connectivity index (χ0) is 35.0. The Kier molecular flexibility index (Phi) is 9.32. The molecule has 0 radical (unpaired) electrons. The maximum atomic E-state index is 14.4. The summed E-state index contributed by atoms with van der Waals surface area (Å²) in [6, 6.07) is 20.5. The number of rotatable bonds is 3. The van der Waals surface area contributed by atoms with Gasteiger partial charge in [0.1, 0.15) is 17.3 Å². The average molecular weight is 680 g/mol. The summed E-state index contributed by atoms with van der Waals surface area (Å²) in [6.45, 7) is 9.17. The number of hydrogen-bond acceptors (Lipinski definition) is 8. The zero-order valence-electron chi connectivity index (χ0n) is 29.1. The van der Waals surface area contributed by atoms with Gasteiger partial charge in [0.05, 0.1) is 43.4 Å². The summed E-state index contributed by atoms with van der Waals surface area (Å²) >= 11 is 0. The minimum atomic E-state index is -1.08. The molecule has 0 N–H and O–H groups in total. The van der Waals surface area contributed by atoms with Crippen LogP contribution in [0.25, 0.3) is 39.3 Å². The Hall–Kier alpha value is -4.80. The van der Waals surface area contributed by atoms with E-state index in [1.807, 2.05) is 70.2 Å². The smallest absolute Gasteiger partial charge is 0.339 e. The SMILES string of the molecule is COC(=O)[C@@H](OC(C)(C)C)c1c(C)nc2cc3nn2c1-c1ccc2c(c1)C(CCO2)OCCCCCOc1cc(F)ccc1-c1cccc-3c1. The van der Waals surface area contributed by atoms with Gasteiger partial charge in [-0.25, -0.2) is 18.7 Å². The van der Waals surface area contributed by atoms with Gasteiger partial charge in [-0.15, -0.1) is 0 Å². The molecule has 0 spiro atoms. The second-order valence-electron chi connectivity index (χ2n) is 13.8. The third-order valence-corrected chi connectivity index (χ3v) is 9.02. The van der Waals surface area contributed by atoms with Crippen molar-refractivity contribution in [3.05, 3.63) is 89.4 Å². The molecule has 9 nitrogen and oxygen atoms in total. The van der Waals surface area contributed by atoms with Crippen molar-refractivity contribution in [1.29, 1.82) is 0 Å². The van der Waals surface area contributed by atoms with Crippen LogP contribution < -0.4 is 9.47 Å². The first-order valence-corrected chi connectivity index (χ1v) is 17.2. The van der Waals surface area contributed by atoms with Crippen molar-refractivity contribution in [2.75, 3.05) is 26.9 Å². The number of benzene rings is 3. The summed E-state index contributed by atoms with van der Waals surface area (Å²) in [5.41, 5.74) is 6.66. The molecule has 50 heavy (non-hydrogen) atoms. The number of ether oxygens (including phenoxy) is 5. The average Bonchev–Trinajstić information content (AvgIpc) is 3.52. The number of carbonyl (C=O) groups excluding carboxylic acids is 1. The van der Waals surface area contributed by atoms with Crippen LogP contribution in [0.4, 0.5) is 4.39 Å². The Labute approximate surface area is 291 Å². The molecule has 3 aromatic carbocycles. The molecule has 0 saturated carbocycles. The van der Waals surface area contributed by atoms with E-state index in [4.69, 9.17) is 33.8 Å². The van der Waals surface area contributed by atoms with Gasteiger partial charge < -0.3 is 23.7 Å². The number of aryl methyl sites for hydroxylation is 1. The van der Waals surface area contributed by atoms with Crippen molar-refractivity contribution >= 4 is 11.6 Å². The van der Waals surface area contributed by atoms with Gasteiger partial charge in [0.15, 0.2) is 11.8 Å². The highest BCUT2D eigenvalue weighted by molar-refractivity contribution is 5.83.